The summed E-state index contributed by atoms with van der Waals surface area (Å²) in [5, 5.41) is 10.5. The predicted molar refractivity (Wildman–Crippen MR) is 111 cm³/mol. The molecule has 1 amide bonds. The minimum atomic E-state index is -0.974. The molecule has 1 aliphatic rings. The number of hydrogen-bond acceptors (Lipinski definition) is 4. The molecule has 0 spiro atoms. The minimum Gasteiger partial charge on any atom is -0.503 e. The summed E-state index contributed by atoms with van der Waals surface area (Å²) in [6, 6.07) is 14.5. The number of halogens is 1. The topological polar surface area (TPSA) is 66.8 Å². The quantitative estimate of drug-likeness (QED) is 0.673. The highest BCUT2D eigenvalue weighted by Crippen LogP contribution is 2.39. The van der Waals surface area contributed by atoms with E-state index in [0.29, 0.717) is 6.42 Å². The summed E-state index contributed by atoms with van der Waals surface area (Å²) in [5.74, 6) is -2.19. The summed E-state index contributed by atoms with van der Waals surface area (Å²) < 4.78 is 20.2. The van der Waals surface area contributed by atoms with Crippen molar-refractivity contribution in [2.45, 2.75) is 38.8 Å². The van der Waals surface area contributed by atoms with Crippen molar-refractivity contribution < 1.29 is 23.8 Å². The second-order valence-electron chi connectivity index (χ2n) is 7.51. The lowest BCUT2D eigenvalue weighted by molar-refractivity contribution is -0.130. The van der Waals surface area contributed by atoms with Crippen LogP contribution in [-0.2, 0) is 20.7 Å². The molecule has 0 aliphatic carbocycles. The Morgan fingerprint density at radius 3 is 2.47 bits per heavy atom. The van der Waals surface area contributed by atoms with Gasteiger partial charge in [0.05, 0.1) is 24.3 Å². The number of benzene rings is 2. The lowest BCUT2D eigenvalue weighted by atomic mass is 9.93. The molecular formula is C24H26FNO4. The van der Waals surface area contributed by atoms with Crippen molar-refractivity contribution >= 4 is 11.7 Å². The normalized spacial score (nSPS) is 16.6. The van der Waals surface area contributed by atoms with Crippen molar-refractivity contribution in [1.82, 2.24) is 4.90 Å². The van der Waals surface area contributed by atoms with Crippen molar-refractivity contribution in [1.29, 1.82) is 0 Å². The highest BCUT2D eigenvalue weighted by atomic mass is 19.1. The van der Waals surface area contributed by atoms with Crippen molar-refractivity contribution in [2.75, 3.05) is 13.2 Å². The van der Waals surface area contributed by atoms with Crippen molar-refractivity contribution in [3.8, 4) is 0 Å². The number of carbonyl (C=O) groups excluding carboxylic acids is 2. The van der Waals surface area contributed by atoms with Gasteiger partial charge < -0.3 is 14.7 Å². The maximum atomic E-state index is 14.6. The lowest BCUT2D eigenvalue weighted by Crippen LogP contribution is -2.35. The number of aliphatic hydroxyl groups is 1. The Morgan fingerprint density at radius 1 is 1.13 bits per heavy atom. The van der Waals surface area contributed by atoms with Gasteiger partial charge in [-0.05, 0) is 31.9 Å². The van der Waals surface area contributed by atoms with Crippen LogP contribution in [0, 0.1) is 5.82 Å². The summed E-state index contributed by atoms with van der Waals surface area (Å²) in [6.07, 6.45) is 0.534. The monoisotopic (exact) mass is 411 g/mol. The van der Waals surface area contributed by atoms with Crippen LogP contribution in [0.1, 0.15) is 37.4 Å². The van der Waals surface area contributed by atoms with Crippen LogP contribution in [0.4, 0.5) is 4.39 Å². The van der Waals surface area contributed by atoms with E-state index in [2.05, 4.69) is 0 Å². The molecule has 1 unspecified atom stereocenters. The summed E-state index contributed by atoms with van der Waals surface area (Å²) in [4.78, 5) is 27.1. The van der Waals surface area contributed by atoms with E-state index in [4.69, 9.17) is 4.74 Å². The van der Waals surface area contributed by atoms with Crippen LogP contribution < -0.4 is 0 Å². The van der Waals surface area contributed by atoms with Gasteiger partial charge in [-0.3, -0.25) is 9.59 Å². The SMILES string of the molecule is CC(C)OCCN1C(=O)C(O)=C(C(=O)CCc2ccccc2)C1c1ccccc1F. The zero-order valence-electron chi connectivity index (χ0n) is 17.2. The molecule has 1 heterocycles. The number of amides is 1. The first-order valence-corrected chi connectivity index (χ1v) is 10.1. The molecule has 0 saturated carbocycles. The number of ketones is 1. The first-order valence-electron chi connectivity index (χ1n) is 10.1. The summed E-state index contributed by atoms with van der Waals surface area (Å²) >= 11 is 0. The zero-order chi connectivity index (χ0) is 21.7. The number of aliphatic hydroxyl groups excluding tert-OH is 1. The number of aryl methyl sites for hydroxylation is 1. The molecule has 0 saturated heterocycles. The van der Waals surface area contributed by atoms with Gasteiger partial charge in [-0.1, -0.05) is 48.5 Å². The summed E-state index contributed by atoms with van der Waals surface area (Å²) in [6.45, 7) is 4.09. The fourth-order valence-corrected chi connectivity index (χ4v) is 3.61. The highest BCUT2D eigenvalue weighted by molar-refractivity contribution is 6.09. The standard InChI is InChI=1S/C24H26FNO4/c1-16(2)30-15-14-26-22(18-10-6-7-11-19(18)25)21(23(28)24(26)29)20(27)13-12-17-8-4-3-5-9-17/h3-11,16,22,28H,12-15H2,1-2H3. The van der Waals surface area contributed by atoms with Crippen LogP contribution in [0.25, 0.3) is 0 Å². The molecule has 2 aromatic rings. The Bertz CT molecular complexity index is 939. The van der Waals surface area contributed by atoms with Crippen molar-refractivity contribution in [2.24, 2.45) is 0 Å². The molecule has 6 heteroatoms. The fourth-order valence-electron chi connectivity index (χ4n) is 3.61. The van der Waals surface area contributed by atoms with E-state index >= 15 is 0 Å². The Balaban J connectivity index is 1.89. The average Bonchev–Trinajstić information content (AvgIpc) is 2.98. The number of Topliss-reactive ketones (excluding diaryl/α,β-unsaturated/α-hetero) is 1. The molecule has 30 heavy (non-hydrogen) atoms. The van der Waals surface area contributed by atoms with Crippen LogP contribution in [0.15, 0.2) is 65.9 Å². The minimum absolute atomic E-state index is 0.0388. The van der Waals surface area contributed by atoms with Crippen LogP contribution in [0.2, 0.25) is 0 Å². The third kappa shape index (κ3) is 4.76. The second-order valence-corrected chi connectivity index (χ2v) is 7.51. The highest BCUT2D eigenvalue weighted by Gasteiger charge is 2.43. The molecule has 1 N–H and O–H groups in total. The van der Waals surface area contributed by atoms with E-state index < -0.39 is 23.5 Å². The molecule has 2 aromatic carbocycles. The van der Waals surface area contributed by atoms with Crippen LogP contribution >= 0.6 is 0 Å². The molecule has 5 nitrogen and oxygen atoms in total. The maximum Gasteiger partial charge on any atom is 0.290 e. The molecule has 1 atom stereocenters. The Labute approximate surface area is 175 Å². The number of ether oxygens (including phenoxy) is 1. The predicted octanol–water partition coefficient (Wildman–Crippen LogP) is 4.15. The van der Waals surface area contributed by atoms with E-state index in [0.717, 1.165) is 5.56 Å². The fraction of sp³-hybridized carbons (Fsp3) is 0.333. The Hall–Kier alpha value is -2.99. The third-order valence-corrected chi connectivity index (χ3v) is 5.07. The number of nitrogens with zero attached hydrogens (tertiary/aromatic N) is 1. The van der Waals surface area contributed by atoms with Crippen molar-refractivity contribution in [3.63, 3.8) is 0 Å². The Morgan fingerprint density at radius 2 is 1.80 bits per heavy atom. The number of carbonyl (C=O) groups is 2. The van der Waals surface area contributed by atoms with Gasteiger partial charge in [0.1, 0.15) is 5.82 Å². The molecule has 1 aliphatic heterocycles. The first-order chi connectivity index (χ1) is 14.4. The smallest absolute Gasteiger partial charge is 0.290 e. The van der Waals surface area contributed by atoms with E-state index in [1.807, 2.05) is 44.2 Å². The van der Waals surface area contributed by atoms with E-state index in [1.165, 1.54) is 17.0 Å². The summed E-state index contributed by atoms with van der Waals surface area (Å²) in [7, 11) is 0. The summed E-state index contributed by atoms with van der Waals surface area (Å²) in [5.41, 5.74) is 1.10. The van der Waals surface area contributed by atoms with Gasteiger partial charge in [0.15, 0.2) is 11.5 Å². The van der Waals surface area contributed by atoms with Crippen LogP contribution in [0.3, 0.4) is 0 Å². The molecule has 3 rings (SSSR count). The molecule has 158 valence electrons. The van der Waals surface area contributed by atoms with Gasteiger partial charge in [-0.2, -0.15) is 0 Å². The Kier molecular flexibility index (Phi) is 7.00. The van der Waals surface area contributed by atoms with Gasteiger partial charge in [0.2, 0.25) is 0 Å². The van der Waals surface area contributed by atoms with Crippen molar-refractivity contribution in [3.05, 3.63) is 82.9 Å². The third-order valence-electron chi connectivity index (χ3n) is 5.07. The van der Waals surface area contributed by atoms with E-state index in [9.17, 15) is 19.1 Å². The zero-order valence-corrected chi connectivity index (χ0v) is 17.2. The van der Waals surface area contributed by atoms with Gasteiger partial charge >= 0.3 is 0 Å². The van der Waals surface area contributed by atoms with Gasteiger partial charge in [-0.25, -0.2) is 4.39 Å². The number of hydrogen-bond donors (Lipinski definition) is 1. The lowest BCUT2D eigenvalue weighted by Gasteiger charge is -2.27. The van der Waals surface area contributed by atoms with Gasteiger partial charge in [0, 0.05) is 18.5 Å². The van der Waals surface area contributed by atoms with E-state index in [-0.39, 0.29) is 42.6 Å². The van der Waals surface area contributed by atoms with Crippen LogP contribution in [-0.4, -0.2) is 41.0 Å². The average molecular weight is 411 g/mol. The molecule has 0 aromatic heterocycles. The van der Waals surface area contributed by atoms with Crippen LogP contribution in [0.5, 0.6) is 0 Å². The van der Waals surface area contributed by atoms with Gasteiger partial charge in [-0.15, -0.1) is 0 Å². The largest absolute Gasteiger partial charge is 0.503 e. The maximum absolute atomic E-state index is 14.6. The molecular weight excluding hydrogens is 385 g/mol. The first kappa shape index (κ1) is 21.7. The van der Waals surface area contributed by atoms with E-state index in [1.54, 1.807) is 12.1 Å². The van der Waals surface area contributed by atoms with Gasteiger partial charge in [0.25, 0.3) is 5.91 Å². The number of rotatable bonds is 9. The molecule has 0 fully saturated rings. The second kappa shape index (κ2) is 9.67. The molecule has 0 bridgehead atoms. The molecule has 0 radical (unpaired) electrons.